The molecule has 0 unspecified atom stereocenters. The Morgan fingerprint density at radius 1 is 1.00 bits per heavy atom. The SMILES string of the molecule is Cc1cc(C)n(Cc2ccc(-c3ccc([C@H](C)N4CCCC4)cc3)nc2)n1. The topological polar surface area (TPSA) is 34.0 Å². The molecule has 1 fully saturated rings. The number of nitrogens with zero attached hydrogens (tertiary/aromatic N) is 4. The molecule has 0 spiro atoms. The molecule has 1 aliphatic heterocycles. The summed E-state index contributed by atoms with van der Waals surface area (Å²) in [5.41, 5.74) is 6.99. The minimum Gasteiger partial charge on any atom is -0.297 e. The predicted octanol–water partition coefficient (Wildman–Crippen LogP) is 4.77. The van der Waals surface area contributed by atoms with Crippen LogP contribution in [-0.4, -0.2) is 32.8 Å². The highest BCUT2D eigenvalue weighted by atomic mass is 15.3. The highest BCUT2D eigenvalue weighted by Crippen LogP contribution is 2.26. The summed E-state index contributed by atoms with van der Waals surface area (Å²) in [6.45, 7) is 9.64. The molecule has 0 radical (unpaired) electrons. The monoisotopic (exact) mass is 360 g/mol. The van der Waals surface area contributed by atoms with Crippen LogP contribution < -0.4 is 0 Å². The maximum absolute atomic E-state index is 4.68. The number of benzene rings is 1. The van der Waals surface area contributed by atoms with Crippen molar-refractivity contribution >= 4 is 0 Å². The second kappa shape index (κ2) is 7.65. The van der Waals surface area contributed by atoms with Crippen LogP contribution >= 0.6 is 0 Å². The lowest BCUT2D eigenvalue weighted by molar-refractivity contribution is 0.263. The van der Waals surface area contributed by atoms with Crippen LogP contribution in [0.2, 0.25) is 0 Å². The molecule has 4 rings (SSSR count). The normalized spacial score (nSPS) is 16.0. The van der Waals surface area contributed by atoms with E-state index in [-0.39, 0.29) is 0 Å². The van der Waals surface area contributed by atoms with E-state index in [0.717, 1.165) is 17.9 Å². The van der Waals surface area contributed by atoms with Crippen molar-refractivity contribution in [3.63, 3.8) is 0 Å². The van der Waals surface area contributed by atoms with Crippen molar-refractivity contribution in [3.8, 4) is 11.3 Å². The fourth-order valence-corrected chi connectivity index (χ4v) is 3.97. The van der Waals surface area contributed by atoms with E-state index in [2.05, 4.69) is 71.3 Å². The molecule has 0 N–H and O–H groups in total. The van der Waals surface area contributed by atoms with Gasteiger partial charge in [0.15, 0.2) is 0 Å². The fraction of sp³-hybridized carbons (Fsp3) is 0.391. The summed E-state index contributed by atoms with van der Waals surface area (Å²) in [4.78, 5) is 7.25. The molecule has 0 saturated carbocycles. The highest BCUT2D eigenvalue weighted by Gasteiger charge is 2.19. The second-order valence-corrected chi connectivity index (χ2v) is 7.68. The standard InChI is InChI=1S/C23H28N4/c1-17-14-18(2)27(25-17)16-20-6-11-23(24-15-20)22-9-7-21(8-10-22)19(3)26-12-4-5-13-26/h6-11,14-15,19H,4-5,12-13,16H2,1-3H3/t19-/m0/s1. The Labute approximate surface area is 161 Å². The van der Waals surface area contributed by atoms with Crippen molar-refractivity contribution < 1.29 is 0 Å². The molecule has 4 heteroatoms. The summed E-state index contributed by atoms with van der Waals surface area (Å²) in [5.74, 6) is 0. The van der Waals surface area contributed by atoms with E-state index in [9.17, 15) is 0 Å². The molecule has 1 atom stereocenters. The molecule has 1 aromatic carbocycles. The third-order valence-electron chi connectivity index (χ3n) is 5.64. The summed E-state index contributed by atoms with van der Waals surface area (Å²) in [6.07, 6.45) is 4.62. The number of rotatable bonds is 5. The molecule has 1 saturated heterocycles. The average Bonchev–Trinajstić information content (AvgIpc) is 3.32. The summed E-state index contributed by atoms with van der Waals surface area (Å²) in [6, 6.07) is 15.8. The molecule has 140 valence electrons. The van der Waals surface area contributed by atoms with Crippen LogP contribution in [0.5, 0.6) is 0 Å². The molecule has 3 aromatic rings. The number of pyridine rings is 1. The Morgan fingerprint density at radius 3 is 2.33 bits per heavy atom. The van der Waals surface area contributed by atoms with Crippen LogP contribution in [0.1, 0.15) is 48.3 Å². The van der Waals surface area contributed by atoms with Crippen LogP contribution in [0.25, 0.3) is 11.3 Å². The van der Waals surface area contributed by atoms with Gasteiger partial charge in [-0.15, -0.1) is 0 Å². The van der Waals surface area contributed by atoms with E-state index in [4.69, 9.17) is 0 Å². The Kier molecular flexibility index (Phi) is 5.08. The van der Waals surface area contributed by atoms with E-state index in [0.29, 0.717) is 6.04 Å². The third-order valence-corrected chi connectivity index (χ3v) is 5.64. The largest absolute Gasteiger partial charge is 0.297 e. The van der Waals surface area contributed by atoms with Crippen LogP contribution in [0.15, 0.2) is 48.7 Å². The number of likely N-dealkylation sites (tertiary alicyclic amines) is 1. The molecule has 3 heterocycles. The van der Waals surface area contributed by atoms with Crippen LogP contribution in [0.3, 0.4) is 0 Å². The summed E-state index contributed by atoms with van der Waals surface area (Å²) < 4.78 is 2.03. The van der Waals surface area contributed by atoms with Gasteiger partial charge in [-0.05, 0) is 70.0 Å². The fourth-order valence-electron chi connectivity index (χ4n) is 3.97. The smallest absolute Gasteiger partial charge is 0.0702 e. The second-order valence-electron chi connectivity index (χ2n) is 7.68. The maximum Gasteiger partial charge on any atom is 0.0702 e. The van der Waals surface area contributed by atoms with Gasteiger partial charge in [-0.25, -0.2) is 0 Å². The quantitative estimate of drug-likeness (QED) is 0.657. The molecular weight excluding hydrogens is 332 g/mol. The summed E-state index contributed by atoms with van der Waals surface area (Å²) in [7, 11) is 0. The number of hydrogen-bond donors (Lipinski definition) is 0. The van der Waals surface area contributed by atoms with Crippen LogP contribution in [0.4, 0.5) is 0 Å². The minimum atomic E-state index is 0.498. The minimum absolute atomic E-state index is 0.498. The van der Waals surface area contributed by atoms with Crippen molar-refractivity contribution in [1.82, 2.24) is 19.7 Å². The molecular formula is C23H28N4. The van der Waals surface area contributed by atoms with Crippen LogP contribution in [0, 0.1) is 13.8 Å². The van der Waals surface area contributed by atoms with Crippen molar-refractivity contribution in [2.24, 2.45) is 0 Å². The number of aromatic nitrogens is 3. The zero-order valence-electron chi connectivity index (χ0n) is 16.5. The zero-order chi connectivity index (χ0) is 18.8. The van der Waals surface area contributed by atoms with Gasteiger partial charge in [0.1, 0.15) is 0 Å². The van der Waals surface area contributed by atoms with Gasteiger partial charge in [-0.2, -0.15) is 5.10 Å². The Bertz CT molecular complexity index is 887. The molecule has 0 bridgehead atoms. The maximum atomic E-state index is 4.68. The Balaban J connectivity index is 1.46. The first-order chi connectivity index (χ1) is 13.1. The number of aryl methyl sites for hydroxylation is 2. The van der Waals surface area contributed by atoms with E-state index in [1.54, 1.807) is 0 Å². The van der Waals surface area contributed by atoms with Crippen molar-refractivity contribution in [2.45, 2.75) is 46.2 Å². The lowest BCUT2D eigenvalue weighted by Gasteiger charge is -2.24. The van der Waals surface area contributed by atoms with Gasteiger partial charge in [-0.3, -0.25) is 14.6 Å². The Hall–Kier alpha value is -2.46. The van der Waals surface area contributed by atoms with Gasteiger partial charge in [0.05, 0.1) is 17.9 Å². The molecule has 0 aliphatic carbocycles. The van der Waals surface area contributed by atoms with E-state index >= 15 is 0 Å². The lowest BCUT2D eigenvalue weighted by Crippen LogP contribution is -2.23. The van der Waals surface area contributed by atoms with Gasteiger partial charge < -0.3 is 0 Å². The summed E-state index contributed by atoms with van der Waals surface area (Å²) >= 11 is 0. The molecule has 0 amide bonds. The van der Waals surface area contributed by atoms with Crippen molar-refractivity contribution in [1.29, 1.82) is 0 Å². The first kappa shape index (κ1) is 17.9. The zero-order valence-corrected chi connectivity index (χ0v) is 16.5. The van der Waals surface area contributed by atoms with Gasteiger partial charge >= 0.3 is 0 Å². The van der Waals surface area contributed by atoms with E-state index in [1.165, 1.54) is 48.3 Å². The lowest BCUT2D eigenvalue weighted by atomic mass is 10.0. The number of hydrogen-bond acceptors (Lipinski definition) is 3. The third kappa shape index (κ3) is 3.96. The van der Waals surface area contributed by atoms with Gasteiger partial charge in [0.2, 0.25) is 0 Å². The van der Waals surface area contributed by atoms with Crippen LogP contribution in [-0.2, 0) is 6.54 Å². The Morgan fingerprint density at radius 2 is 1.74 bits per heavy atom. The van der Waals surface area contributed by atoms with Gasteiger partial charge in [0.25, 0.3) is 0 Å². The molecule has 27 heavy (non-hydrogen) atoms. The van der Waals surface area contributed by atoms with Crippen molar-refractivity contribution in [3.05, 3.63) is 71.2 Å². The van der Waals surface area contributed by atoms with Gasteiger partial charge in [0, 0.05) is 23.5 Å². The highest BCUT2D eigenvalue weighted by molar-refractivity contribution is 5.59. The molecule has 4 nitrogen and oxygen atoms in total. The van der Waals surface area contributed by atoms with E-state index < -0.39 is 0 Å². The van der Waals surface area contributed by atoms with Crippen molar-refractivity contribution in [2.75, 3.05) is 13.1 Å². The first-order valence-electron chi connectivity index (χ1n) is 9.90. The first-order valence-corrected chi connectivity index (χ1v) is 9.90. The van der Waals surface area contributed by atoms with Gasteiger partial charge in [-0.1, -0.05) is 30.3 Å². The summed E-state index contributed by atoms with van der Waals surface area (Å²) in [5, 5.41) is 4.53. The average molecular weight is 361 g/mol. The van der Waals surface area contributed by atoms with E-state index in [1.807, 2.05) is 17.8 Å². The predicted molar refractivity (Wildman–Crippen MR) is 110 cm³/mol. The molecule has 2 aromatic heterocycles. The molecule has 1 aliphatic rings.